The van der Waals surface area contributed by atoms with Crippen molar-refractivity contribution in [3.05, 3.63) is 63.6 Å². The fourth-order valence-corrected chi connectivity index (χ4v) is 4.93. The Labute approximate surface area is 218 Å². The fraction of sp³-hybridized carbons (Fsp3) is 0.440. The Kier molecular flexibility index (Phi) is 10.4. The Balaban J connectivity index is 2.20. The molecular formula is C25H33Cl2N3O4S. The monoisotopic (exact) mass is 541 g/mol. The van der Waals surface area contributed by atoms with Crippen LogP contribution in [0.15, 0.2) is 42.5 Å². The van der Waals surface area contributed by atoms with Crippen LogP contribution in [0.25, 0.3) is 0 Å². The molecule has 0 fully saturated rings. The van der Waals surface area contributed by atoms with Crippen molar-refractivity contribution in [2.75, 3.05) is 17.1 Å². The first-order valence-electron chi connectivity index (χ1n) is 11.4. The Hall–Kier alpha value is -2.29. The highest BCUT2D eigenvalue weighted by molar-refractivity contribution is 7.92. The number of nitrogens with zero attached hydrogens (tertiary/aromatic N) is 2. The minimum Gasteiger partial charge on any atom is -0.352 e. The van der Waals surface area contributed by atoms with Crippen LogP contribution in [0.1, 0.15) is 44.7 Å². The van der Waals surface area contributed by atoms with Gasteiger partial charge in [0.1, 0.15) is 6.04 Å². The van der Waals surface area contributed by atoms with Gasteiger partial charge in [-0.25, -0.2) is 8.42 Å². The van der Waals surface area contributed by atoms with Gasteiger partial charge >= 0.3 is 0 Å². The van der Waals surface area contributed by atoms with Crippen molar-refractivity contribution in [3.63, 3.8) is 0 Å². The number of anilines is 1. The Morgan fingerprint density at radius 3 is 2.23 bits per heavy atom. The summed E-state index contributed by atoms with van der Waals surface area (Å²) in [5.41, 5.74) is 1.96. The summed E-state index contributed by atoms with van der Waals surface area (Å²) in [7, 11) is -3.60. The number of benzene rings is 2. The molecule has 7 nitrogen and oxygen atoms in total. The summed E-state index contributed by atoms with van der Waals surface area (Å²) >= 11 is 12.2. The average Bonchev–Trinajstić information content (AvgIpc) is 2.76. The Morgan fingerprint density at radius 1 is 1.03 bits per heavy atom. The number of rotatable bonds is 11. The summed E-state index contributed by atoms with van der Waals surface area (Å²) in [6, 6.07) is 11.4. The second-order valence-corrected chi connectivity index (χ2v) is 11.6. The van der Waals surface area contributed by atoms with E-state index in [1.54, 1.807) is 44.2 Å². The molecule has 0 aromatic heterocycles. The van der Waals surface area contributed by atoms with Gasteiger partial charge in [0, 0.05) is 35.6 Å². The standard InChI is InChI=1S/C25H33Cl2N3O4S/c1-17(2)28-25(32)19(4)29(16-20-11-13-21(26)14-12-20)24(31)10-7-15-30(35(5,33)34)23-9-6-8-22(27)18(23)3/h6,8-9,11-14,17,19H,7,10,15-16H2,1-5H3,(H,28,32). The van der Waals surface area contributed by atoms with Gasteiger partial charge in [0.05, 0.1) is 11.9 Å². The lowest BCUT2D eigenvalue weighted by Crippen LogP contribution is -2.49. The zero-order chi connectivity index (χ0) is 26.3. The van der Waals surface area contributed by atoms with Crippen molar-refractivity contribution < 1.29 is 18.0 Å². The minimum atomic E-state index is -3.60. The van der Waals surface area contributed by atoms with E-state index in [2.05, 4.69) is 5.32 Å². The second kappa shape index (κ2) is 12.6. The van der Waals surface area contributed by atoms with E-state index >= 15 is 0 Å². The summed E-state index contributed by atoms with van der Waals surface area (Å²) in [6.45, 7) is 7.48. The smallest absolute Gasteiger partial charge is 0.242 e. The van der Waals surface area contributed by atoms with Gasteiger partial charge in [0.2, 0.25) is 21.8 Å². The molecule has 0 aliphatic rings. The number of hydrogen-bond acceptors (Lipinski definition) is 4. The summed E-state index contributed by atoms with van der Waals surface area (Å²) in [5.74, 6) is -0.503. The first kappa shape index (κ1) is 28.9. The topological polar surface area (TPSA) is 86.8 Å². The molecule has 0 saturated carbocycles. The number of sulfonamides is 1. The van der Waals surface area contributed by atoms with Crippen LogP contribution < -0.4 is 9.62 Å². The van der Waals surface area contributed by atoms with E-state index in [0.29, 0.717) is 21.3 Å². The molecule has 10 heteroatoms. The third-order valence-electron chi connectivity index (χ3n) is 5.52. The van der Waals surface area contributed by atoms with Crippen molar-refractivity contribution in [2.24, 2.45) is 0 Å². The third kappa shape index (κ3) is 8.40. The summed E-state index contributed by atoms with van der Waals surface area (Å²) in [5, 5.41) is 3.89. The molecule has 0 aliphatic heterocycles. The normalized spacial score (nSPS) is 12.3. The quantitative estimate of drug-likeness (QED) is 0.443. The Morgan fingerprint density at radius 2 is 1.66 bits per heavy atom. The number of hydrogen-bond donors (Lipinski definition) is 1. The zero-order valence-electron chi connectivity index (χ0n) is 20.7. The fourth-order valence-electron chi connectivity index (χ4n) is 3.62. The molecule has 0 bridgehead atoms. The van der Waals surface area contributed by atoms with Gasteiger partial charge < -0.3 is 10.2 Å². The summed E-state index contributed by atoms with van der Waals surface area (Å²) < 4.78 is 26.3. The molecule has 2 aromatic carbocycles. The molecule has 35 heavy (non-hydrogen) atoms. The lowest BCUT2D eigenvalue weighted by atomic mass is 10.1. The summed E-state index contributed by atoms with van der Waals surface area (Å²) in [6.07, 6.45) is 1.46. The molecule has 0 aliphatic carbocycles. The minimum absolute atomic E-state index is 0.0679. The zero-order valence-corrected chi connectivity index (χ0v) is 23.0. The molecule has 1 unspecified atom stereocenters. The Bertz CT molecular complexity index is 1140. The maximum Gasteiger partial charge on any atom is 0.242 e. The van der Waals surface area contributed by atoms with E-state index in [4.69, 9.17) is 23.2 Å². The van der Waals surface area contributed by atoms with Gasteiger partial charge in [-0.1, -0.05) is 41.4 Å². The van der Waals surface area contributed by atoms with Crippen molar-refractivity contribution in [3.8, 4) is 0 Å². The molecule has 0 heterocycles. The number of amides is 2. The number of carbonyl (C=O) groups excluding carboxylic acids is 2. The van der Waals surface area contributed by atoms with E-state index < -0.39 is 16.1 Å². The molecule has 192 valence electrons. The van der Waals surface area contributed by atoms with Gasteiger partial charge in [-0.05, 0) is 69.5 Å². The molecule has 0 spiro atoms. The number of nitrogens with one attached hydrogen (secondary N) is 1. The highest BCUT2D eigenvalue weighted by atomic mass is 35.5. The van der Waals surface area contributed by atoms with E-state index in [1.807, 2.05) is 26.0 Å². The highest BCUT2D eigenvalue weighted by Gasteiger charge is 2.27. The average molecular weight is 543 g/mol. The van der Waals surface area contributed by atoms with Gasteiger partial charge in [0.25, 0.3) is 0 Å². The molecule has 1 atom stereocenters. The predicted octanol–water partition coefficient (Wildman–Crippen LogP) is 4.79. The van der Waals surface area contributed by atoms with Crippen LogP contribution in [0.2, 0.25) is 10.0 Å². The van der Waals surface area contributed by atoms with Gasteiger partial charge in [-0.2, -0.15) is 0 Å². The van der Waals surface area contributed by atoms with Gasteiger partial charge in [-0.15, -0.1) is 0 Å². The van der Waals surface area contributed by atoms with Crippen LogP contribution >= 0.6 is 23.2 Å². The van der Waals surface area contributed by atoms with E-state index in [9.17, 15) is 18.0 Å². The van der Waals surface area contributed by atoms with Crippen molar-refractivity contribution in [2.45, 2.75) is 59.2 Å². The first-order chi connectivity index (χ1) is 16.3. The maximum atomic E-state index is 13.3. The molecule has 0 radical (unpaired) electrons. The SMILES string of the molecule is Cc1c(Cl)cccc1N(CCCC(=O)N(Cc1ccc(Cl)cc1)C(C)C(=O)NC(C)C)S(C)(=O)=O. The van der Waals surface area contributed by atoms with Gasteiger partial charge in [-0.3, -0.25) is 13.9 Å². The van der Waals surface area contributed by atoms with Crippen LogP contribution in [0, 0.1) is 6.92 Å². The first-order valence-corrected chi connectivity index (χ1v) is 14.0. The molecule has 2 aromatic rings. The van der Waals surface area contributed by atoms with Crippen LogP contribution in [0.5, 0.6) is 0 Å². The van der Waals surface area contributed by atoms with E-state index in [0.717, 1.165) is 11.8 Å². The third-order valence-corrected chi connectivity index (χ3v) is 7.37. The lowest BCUT2D eigenvalue weighted by molar-refractivity contribution is -0.140. The van der Waals surface area contributed by atoms with Crippen LogP contribution in [-0.2, 0) is 26.2 Å². The highest BCUT2D eigenvalue weighted by Crippen LogP contribution is 2.28. The molecule has 2 rings (SSSR count). The summed E-state index contributed by atoms with van der Waals surface area (Å²) in [4.78, 5) is 27.5. The van der Waals surface area contributed by atoms with Crippen molar-refractivity contribution in [1.82, 2.24) is 10.2 Å². The number of carbonyl (C=O) groups is 2. The predicted molar refractivity (Wildman–Crippen MR) is 142 cm³/mol. The maximum absolute atomic E-state index is 13.3. The molecule has 1 N–H and O–H groups in total. The van der Waals surface area contributed by atoms with Gasteiger partial charge in [0.15, 0.2) is 0 Å². The van der Waals surface area contributed by atoms with E-state index in [-0.39, 0.29) is 43.8 Å². The van der Waals surface area contributed by atoms with E-state index in [1.165, 1.54) is 9.21 Å². The van der Waals surface area contributed by atoms with Crippen LogP contribution in [0.3, 0.4) is 0 Å². The van der Waals surface area contributed by atoms with Crippen molar-refractivity contribution >= 4 is 50.7 Å². The second-order valence-electron chi connectivity index (χ2n) is 8.81. The molecule has 0 saturated heterocycles. The van der Waals surface area contributed by atoms with Crippen molar-refractivity contribution in [1.29, 1.82) is 0 Å². The molecule has 2 amide bonds. The number of halogens is 2. The largest absolute Gasteiger partial charge is 0.352 e. The van der Waals surface area contributed by atoms with Crippen LogP contribution in [0.4, 0.5) is 5.69 Å². The molecular weight excluding hydrogens is 509 g/mol. The van der Waals surface area contributed by atoms with Crippen LogP contribution in [-0.4, -0.2) is 50.0 Å². The lowest BCUT2D eigenvalue weighted by Gasteiger charge is -2.30.